The van der Waals surface area contributed by atoms with Gasteiger partial charge in [-0.05, 0) is 32.1 Å². The SMILES string of the molecule is CC(C)CCOCCN1C(=O)C(C(C)C)NC(=O)C1(C)C. The number of nitrogens with zero attached hydrogens (tertiary/aromatic N) is 1. The summed E-state index contributed by atoms with van der Waals surface area (Å²) in [6.45, 7) is 13.4. The predicted molar refractivity (Wildman–Crippen MR) is 82.8 cm³/mol. The molecule has 0 aromatic heterocycles. The Hall–Kier alpha value is -1.10. The zero-order valence-corrected chi connectivity index (χ0v) is 14.2. The molecule has 21 heavy (non-hydrogen) atoms. The Bertz CT molecular complexity index is 378. The minimum atomic E-state index is -0.816. The highest BCUT2D eigenvalue weighted by Gasteiger charge is 2.46. The molecule has 1 unspecified atom stereocenters. The van der Waals surface area contributed by atoms with Gasteiger partial charge in [0.2, 0.25) is 11.8 Å². The molecule has 1 atom stereocenters. The lowest BCUT2D eigenvalue weighted by Crippen LogP contribution is -2.69. The highest BCUT2D eigenvalue weighted by molar-refractivity contribution is 5.99. The zero-order valence-electron chi connectivity index (χ0n) is 14.2. The molecular weight excluding hydrogens is 268 g/mol. The van der Waals surface area contributed by atoms with Crippen molar-refractivity contribution in [3.8, 4) is 0 Å². The number of ether oxygens (including phenoxy) is 1. The summed E-state index contributed by atoms with van der Waals surface area (Å²) in [5, 5.41) is 2.83. The number of carbonyl (C=O) groups excluding carboxylic acids is 2. The van der Waals surface area contributed by atoms with Crippen LogP contribution in [0.25, 0.3) is 0 Å². The lowest BCUT2D eigenvalue weighted by atomic mass is 9.91. The van der Waals surface area contributed by atoms with Gasteiger partial charge in [-0.3, -0.25) is 9.59 Å². The van der Waals surface area contributed by atoms with E-state index in [-0.39, 0.29) is 17.7 Å². The maximum Gasteiger partial charge on any atom is 0.246 e. The molecule has 2 amide bonds. The first-order chi connectivity index (χ1) is 9.67. The lowest BCUT2D eigenvalue weighted by Gasteiger charge is -2.45. The van der Waals surface area contributed by atoms with Crippen LogP contribution in [0, 0.1) is 11.8 Å². The van der Waals surface area contributed by atoms with Gasteiger partial charge in [-0.15, -0.1) is 0 Å². The van der Waals surface area contributed by atoms with Crippen LogP contribution in [0.1, 0.15) is 48.0 Å². The van der Waals surface area contributed by atoms with Crippen LogP contribution in [-0.4, -0.2) is 48.1 Å². The molecule has 5 heteroatoms. The van der Waals surface area contributed by atoms with Crippen molar-refractivity contribution in [1.29, 1.82) is 0 Å². The van der Waals surface area contributed by atoms with Crippen molar-refractivity contribution >= 4 is 11.8 Å². The molecule has 0 aliphatic carbocycles. The molecule has 1 aliphatic heterocycles. The number of hydrogen-bond acceptors (Lipinski definition) is 3. The summed E-state index contributed by atoms with van der Waals surface area (Å²) in [5.41, 5.74) is -0.816. The van der Waals surface area contributed by atoms with E-state index >= 15 is 0 Å². The van der Waals surface area contributed by atoms with Gasteiger partial charge in [0.05, 0.1) is 6.61 Å². The molecule has 5 nitrogen and oxygen atoms in total. The second kappa shape index (κ2) is 7.25. The normalized spacial score (nSPS) is 22.1. The van der Waals surface area contributed by atoms with Gasteiger partial charge in [0, 0.05) is 13.2 Å². The van der Waals surface area contributed by atoms with Crippen molar-refractivity contribution in [2.75, 3.05) is 19.8 Å². The smallest absolute Gasteiger partial charge is 0.246 e. The summed E-state index contributed by atoms with van der Waals surface area (Å²) in [7, 11) is 0. The van der Waals surface area contributed by atoms with Gasteiger partial charge in [-0.1, -0.05) is 27.7 Å². The molecule has 1 fully saturated rings. The third kappa shape index (κ3) is 4.43. The predicted octanol–water partition coefficient (Wildman–Crippen LogP) is 1.81. The van der Waals surface area contributed by atoms with Crippen LogP contribution < -0.4 is 5.32 Å². The van der Waals surface area contributed by atoms with E-state index in [2.05, 4.69) is 19.2 Å². The van der Waals surface area contributed by atoms with Gasteiger partial charge in [0.25, 0.3) is 0 Å². The van der Waals surface area contributed by atoms with E-state index in [0.717, 1.165) is 6.42 Å². The molecule has 0 saturated carbocycles. The second-order valence-corrected chi connectivity index (χ2v) is 7.04. The minimum Gasteiger partial charge on any atom is -0.380 e. The molecule has 1 N–H and O–H groups in total. The Morgan fingerprint density at radius 3 is 2.33 bits per heavy atom. The van der Waals surface area contributed by atoms with Crippen molar-refractivity contribution in [1.82, 2.24) is 10.2 Å². The van der Waals surface area contributed by atoms with Crippen molar-refractivity contribution in [2.45, 2.75) is 59.5 Å². The molecule has 0 aromatic carbocycles. The van der Waals surface area contributed by atoms with Crippen molar-refractivity contribution in [2.24, 2.45) is 11.8 Å². The summed E-state index contributed by atoms with van der Waals surface area (Å²) < 4.78 is 5.59. The Kier molecular flexibility index (Phi) is 6.20. The van der Waals surface area contributed by atoms with Crippen LogP contribution in [0.2, 0.25) is 0 Å². The summed E-state index contributed by atoms with van der Waals surface area (Å²) >= 11 is 0. The number of carbonyl (C=O) groups is 2. The summed E-state index contributed by atoms with van der Waals surface area (Å²) in [5.74, 6) is 0.584. The van der Waals surface area contributed by atoms with Gasteiger partial charge >= 0.3 is 0 Å². The first-order valence-corrected chi connectivity index (χ1v) is 7.88. The van der Waals surface area contributed by atoms with Crippen LogP contribution in [0.4, 0.5) is 0 Å². The van der Waals surface area contributed by atoms with E-state index in [1.807, 2.05) is 13.8 Å². The molecule has 0 aromatic rings. The number of amides is 2. The van der Waals surface area contributed by atoms with Crippen LogP contribution >= 0.6 is 0 Å². The maximum atomic E-state index is 12.6. The van der Waals surface area contributed by atoms with E-state index in [1.54, 1.807) is 18.7 Å². The van der Waals surface area contributed by atoms with E-state index in [4.69, 9.17) is 4.74 Å². The Morgan fingerprint density at radius 2 is 1.81 bits per heavy atom. The summed E-state index contributed by atoms with van der Waals surface area (Å²) in [6.07, 6.45) is 1.01. The van der Waals surface area contributed by atoms with Gasteiger partial charge in [-0.25, -0.2) is 0 Å². The summed E-state index contributed by atoms with van der Waals surface area (Å²) in [4.78, 5) is 26.4. The van der Waals surface area contributed by atoms with E-state index in [9.17, 15) is 9.59 Å². The number of nitrogens with one attached hydrogen (secondary N) is 1. The second-order valence-electron chi connectivity index (χ2n) is 7.04. The van der Waals surface area contributed by atoms with Gasteiger partial charge in [0.15, 0.2) is 0 Å². The third-order valence-corrected chi connectivity index (χ3v) is 4.01. The number of piperazine rings is 1. The molecular formula is C16H30N2O3. The minimum absolute atomic E-state index is 0.0120. The average molecular weight is 298 g/mol. The van der Waals surface area contributed by atoms with Crippen LogP contribution in [-0.2, 0) is 14.3 Å². The fraction of sp³-hybridized carbons (Fsp3) is 0.875. The maximum absolute atomic E-state index is 12.6. The zero-order chi connectivity index (χ0) is 16.2. The first kappa shape index (κ1) is 18.0. The van der Waals surface area contributed by atoms with Crippen molar-refractivity contribution in [3.63, 3.8) is 0 Å². The molecule has 0 radical (unpaired) electrons. The van der Waals surface area contributed by atoms with E-state index in [1.165, 1.54) is 0 Å². The molecule has 1 rings (SSSR count). The monoisotopic (exact) mass is 298 g/mol. The first-order valence-electron chi connectivity index (χ1n) is 7.88. The fourth-order valence-corrected chi connectivity index (χ4v) is 2.36. The molecule has 1 saturated heterocycles. The number of hydrogen-bond donors (Lipinski definition) is 1. The van der Waals surface area contributed by atoms with Crippen molar-refractivity contribution in [3.05, 3.63) is 0 Å². The Balaban J connectivity index is 2.62. The molecule has 122 valence electrons. The largest absolute Gasteiger partial charge is 0.380 e. The Morgan fingerprint density at radius 1 is 1.19 bits per heavy atom. The highest BCUT2D eigenvalue weighted by atomic mass is 16.5. The van der Waals surface area contributed by atoms with Crippen LogP contribution in [0.5, 0.6) is 0 Å². The Labute approximate surface area is 128 Å². The molecule has 0 spiro atoms. The highest BCUT2D eigenvalue weighted by Crippen LogP contribution is 2.23. The van der Waals surface area contributed by atoms with Crippen LogP contribution in [0.15, 0.2) is 0 Å². The lowest BCUT2D eigenvalue weighted by molar-refractivity contribution is -0.157. The standard InChI is InChI=1S/C16H30N2O3/c1-11(2)7-9-21-10-8-18-14(19)13(12(3)4)17-15(20)16(18,5)6/h11-13H,7-10H2,1-6H3,(H,17,20). The number of rotatable bonds is 7. The quantitative estimate of drug-likeness (QED) is 0.729. The van der Waals surface area contributed by atoms with Crippen LogP contribution in [0.3, 0.4) is 0 Å². The molecule has 0 bridgehead atoms. The molecule has 1 heterocycles. The molecule has 1 aliphatic rings. The summed E-state index contributed by atoms with van der Waals surface area (Å²) in [6, 6.07) is -0.429. The van der Waals surface area contributed by atoms with Crippen molar-refractivity contribution < 1.29 is 14.3 Å². The average Bonchev–Trinajstić information content (AvgIpc) is 2.36. The van der Waals surface area contributed by atoms with Gasteiger partial charge < -0.3 is 15.0 Å². The van der Waals surface area contributed by atoms with E-state index in [0.29, 0.717) is 25.7 Å². The fourth-order valence-electron chi connectivity index (χ4n) is 2.36. The topological polar surface area (TPSA) is 58.6 Å². The van der Waals surface area contributed by atoms with Gasteiger partial charge in [-0.2, -0.15) is 0 Å². The van der Waals surface area contributed by atoms with Gasteiger partial charge in [0.1, 0.15) is 11.6 Å². The third-order valence-electron chi connectivity index (χ3n) is 4.01. The van der Waals surface area contributed by atoms with E-state index < -0.39 is 11.6 Å².